The van der Waals surface area contributed by atoms with Gasteiger partial charge in [0.1, 0.15) is 0 Å². The van der Waals surface area contributed by atoms with Gasteiger partial charge in [0, 0.05) is 39.0 Å². The van der Waals surface area contributed by atoms with Crippen LogP contribution in [0.3, 0.4) is 0 Å². The second-order valence-electron chi connectivity index (χ2n) is 9.82. The first-order chi connectivity index (χ1) is 18.3. The Bertz CT molecular complexity index is 1080. The van der Waals surface area contributed by atoms with E-state index in [-0.39, 0.29) is 37.9 Å². The standard InChI is InChI=1S/C28H40BN5O4/c1-29-23-17-21(7-9-22(23)19-38-29)18-26(35)25(11-8-20-5-3-2-4-6-20)33-28(37)24(32)10-12-27(36)34(15-13-30)16-14-31/h2-7,9,17,24-25H,8,10-16,18-19,30-32H2,1H3,(H,33,37)/t24-,25+/m0/s1. The Kier molecular flexibility index (Phi) is 11.5. The Morgan fingerprint density at radius 1 is 1.03 bits per heavy atom. The van der Waals surface area contributed by atoms with Crippen LogP contribution in [0.5, 0.6) is 0 Å². The van der Waals surface area contributed by atoms with E-state index in [9.17, 15) is 14.4 Å². The summed E-state index contributed by atoms with van der Waals surface area (Å²) < 4.78 is 5.68. The minimum atomic E-state index is -0.915. The highest BCUT2D eigenvalue weighted by Crippen LogP contribution is 2.15. The van der Waals surface area contributed by atoms with E-state index in [1.165, 1.54) is 0 Å². The molecular weight excluding hydrogens is 481 g/mol. The molecule has 0 bridgehead atoms. The molecule has 7 N–H and O–H groups in total. The van der Waals surface area contributed by atoms with Crippen LogP contribution in [0.25, 0.3) is 0 Å². The third kappa shape index (κ3) is 8.49. The van der Waals surface area contributed by atoms with Crippen LogP contribution in [0.4, 0.5) is 0 Å². The third-order valence-corrected chi connectivity index (χ3v) is 6.94. The van der Waals surface area contributed by atoms with Crippen LogP contribution in [-0.2, 0) is 38.5 Å². The van der Waals surface area contributed by atoms with Crippen molar-refractivity contribution in [1.29, 1.82) is 0 Å². The number of nitrogens with zero attached hydrogens (tertiary/aromatic N) is 1. The van der Waals surface area contributed by atoms with E-state index in [2.05, 4.69) is 5.32 Å². The van der Waals surface area contributed by atoms with E-state index in [0.29, 0.717) is 45.6 Å². The van der Waals surface area contributed by atoms with Gasteiger partial charge in [0.05, 0.1) is 18.7 Å². The first-order valence-corrected chi connectivity index (χ1v) is 13.4. The number of nitrogens with two attached hydrogens (primary N) is 3. The molecule has 0 unspecified atom stereocenters. The maximum absolute atomic E-state index is 13.4. The molecule has 0 fully saturated rings. The first-order valence-electron chi connectivity index (χ1n) is 13.4. The van der Waals surface area contributed by atoms with Crippen molar-refractivity contribution >= 4 is 30.0 Å². The van der Waals surface area contributed by atoms with Gasteiger partial charge in [-0.05, 0) is 41.4 Å². The number of aryl methyl sites for hydroxylation is 1. The Hall–Kier alpha value is -3.05. The van der Waals surface area contributed by atoms with Gasteiger partial charge in [-0.25, -0.2) is 0 Å². The molecule has 0 aliphatic carbocycles. The molecule has 2 amide bonds. The zero-order chi connectivity index (χ0) is 27.5. The molecule has 1 aliphatic rings. The van der Waals surface area contributed by atoms with E-state index in [1.807, 2.05) is 55.4 Å². The molecule has 3 rings (SSSR count). The molecule has 0 saturated carbocycles. The lowest BCUT2D eigenvalue weighted by Crippen LogP contribution is -2.49. The number of nitrogens with one attached hydrogen (secondary N) is 1. The Balaban J connectivity index is 1.63. The summed E-state index contributed by atoms with van der Waals surface area (Å²) in [6, 6.07) is 14.2. The van der Waals surface area contributed by atoms with Crippen LogP contribution >= 0.6 is 0 Å². The molecule has 0 saturated heterocycles. The summed E-state index contributed by atoms with van der Waals surface area (Å²) in [6.45, 7) is 4.05. The van der Waals surface area contributed by atoms with Gasteiger partial charge >= 0.3 is 6.92 Å². The van der Waals surface area contributed by atoms with Gasteiger partial charge < -0.3 is 32.1 Å². The van der Waals surface area contributed by atoms with E-state index in [1.54, 1.807) is 4.90 Å². The molecule has 0 radical (unpaired) electrons. The number of carbonyl (C=O) groups excluding carboxylic acids is 3. The molecule has 1 aliphatic heterocycles. The van der Waals surface area contributed by atoms with Crippen LogP contribution in [-0.4, -0.2) is 67.7 Å². The molecule has 2 atom stereocenters. The summed E-state index contributed by atoms with van der Waals surface area (Å²) in [5.74, 6) is -0.666. The third-order valence-electron chi connectivity index (χ3n) is 6.94. The van der Waals surface area contributed by atoms with Crippen molar-refractivity contribution in [2.45, 2.75) is 57.6 Å². The molecule has 0 aromatic heterocycles. The highest BCUT2D eigenvalue weighted by Gasteiger charge is 2.27. The summed E-state index contributed by atoms with van der Waals surface area (Å²) >= 11 is 0. The van der Waals surface area contributed by atoms with Gasteiger partial charge in [0.15, 0.2) is 5.78 Å². The fraction of sp³-hybridized carbons (Fsp3) is 0.464. The molecule has 204 valence electrons. The van der Waals surface area contributed by atoms with Gasteiger partial charge in [-0.15, -0.1) is 0 Å². The lowest BCUT2D eigenvalue weighted by Gasteiger charge is -2.23. The highest BCUT2D eigenvalue weighted by atomic mass is 16.4. The summed E-state index contributed by atoms with van der Waals surface area (Å²) in [5, 5.41) is 2.87. The minimum Gasteiger partial charge on any atom is -0.427 e. The SMILES string of the molecule is CB1OCc2ccc(CC(=O)[C@@H](CCc3ccccc3)NC(=O)[C@@H](N)CCC(=O)N(CCN)CCN)cc21. The lowest BCUT2D eigenvalue weighted by atomic mass is 9.64. The van der Waals surface area contributed by atoms with Crippen LogP contribution in [0.1, 0.15) is 36.0 Å². The number of Topliss-reactive ketones (excluding diaryl/α,β-unsaturated/α-hetero) is 1. The van der Waals surface area contributed by atoms with Crippen LogP contribution in [0.15, 0.2) is 48.5 Å². The second-order valence-corrected chi connectivity index (χ2v) is 9.82. The number of hydrogen-bond donors (Lipinski definition) is 4. The number of rotatable bonds is 15. The normalized spacial score (nSPS) is 14.1. The fourth-order valence-electron chi connectivity index (χ4n) is 4.68. The van der Waals surface area contributed by atoms with Crippen LogP contribution in [0.2, 0.25) is 6.82 Å². The summed E-state index contributed by atoms with van der Waals surface area (Å²) in [6.07, 6.45) is 1.55. The molecule has 2 aromatic carbocycles. The van der Waals surface area contributed by atoms with Gasteiger partial charge in [-0.3, -0.25) is 14.4 Å². The van der Waals surface area contributed by atoms with Crippen molar-refractivity contribution in [2.24, 2.45) is 17.2 Å². The van der Waals surface area contributed by atoms with Gasteiger partial charge in [-0.1, -0.05) is 55.4 Å². The maximum atomic E-state index is 13.4. The first kappa shape index (κ1) is 29.5. The molecule has 38 heavy (non-hydrogen) atoms. The average molecular weight is 521 g/mol. The Morgan fingerprint density at radius 2 is 1.74 bits per heavy atom. The topological polar surface area (TPSA) is 154 Å². The number of amides is 2. The highest BCUT2D eigenvalue weighted by molar-refractivity contribution is 6.67. The fourth-order valence-corrected chi connectivity index (χ4v) is 4.68. The van der Waals surface area contributed by atoms with Crippen molar-refractivity contribution in [3.8, 4) is 0 Å². The van der Waals surface area contributed by atoms with E-state index < -0.39 is 18.0 Å². The zero-order valence-corrected chi connectivity index (χ0v) is 22.2. The van der Waals surface area contributed by atoms with Crippen molar-refractivity contribution in [1.82, 2.24) is 10.2 Å². The average Bonchev–Trinajstić information content (AvgIpc) is 3.29. The lowest BCUT2D eigenvalue weighted by molar-refractivity contribution is -0.132. The predicted molar refractivity (Wildman–Crippen MR) is 150 cm³/mol. The van der Waals surface area contributed by atoms with Gasteiger partial charge in [0.2, 0.25) is 11.8 Å². The molecule has 0 spiro atoms. The number of benzene rings is 2. The van der Waals surface area contributed by atoms with Crippen LogP contribution in [0, 0.1) is 0 Å². The van der Waals surface area contributed by atoms with E-state index in [4.69, 9.17) is 21.9 Å². The number of ketones is 1. The quantitative estimate of drug-likeness (QED) is 0.243. The monoisotopic (exact) mass is 521 g/mol. The molecule has 1 heterocycles. The largest absolute Gasteiger partial charge is 0.427 e. The number of carbonyl (C=O) groups is 3. The van der Waals surface area contributed by atoms with Crippen molar-refractivity contribution < 1.29 is 19.0 Å². The number of hydrogen-bond acceptors (Lipinski definition) is 7. The molecule has 2 aromatic rings. The minimum absolute atomic E-state index is 0.0000280. The maximum Gasteiger partial charge on any atom is 0.324 e. The van der Waals surface area contributed by atoms with Crippen molar-refractivity contribution in [3.05, 3.63) is 65.2 Å². The molecule has 10 heteroatoms. The van der Waals surface area contributed by atoms with E-state index in [0.717, 1.165) is 22.2 Å². The smallest absolute Gasteiger partial charge is 0.324 e. The summed E-state index contributed by atoms with van der Waals surface area (Å²) in [7, 11) is 0. The van der Waals surface area contributed by atoms with Gasteiger partial charge in [0.25, 0.3) is 0 Å². The van der Waals surface area contributed by atoms with Crippen LogP contribution < -0.4 is 28.0 Å². The predicted octanol–water partition coefficient (Wildman–Crippen LogP) is 0.128. The molecular formula is C28H40BN5O4. The van der Waals surface area contributed by atoms with Crippen molar-refractivity contribution in [2.75, 3.05) is 26.2 Å². The second kappa shape index (κ2) is 14.8. The Labute approximate surface area is 225 Å². The summed E-state index contributed by atoms with van der Waals surface area (Å²) in [4.78, 5) is 40.5. The van der Waals surface area contributed by atoms with Crippen molar-refractivity contribution in [3.63, 3.8) is 0 Å². The summed E-state index contributed by atoms with van der Waals surface area (Å²) in [5.41, 5.74) is 21.5. The Morgan fingerprint density at radius 3 is 2.42 bits per heavy atom. The zero-order valence-electron chi connectivity index (χ0n) is 22.2. The number of fused-ring (bicyclic) bond motifs is 1. The van der Waals surface area contributed by atoms with Gasteiger partial charge in [-0.2, -0.15) is 0 Å². The van der Waals surface area contributed by atoms with E-state index >= 15 is 0 Å². The molecule has 9 nitrogen and oxygen atoms in total.